The van der Waals surface area contributed by atoms with E-state index in [0.29, 0.717) is 12.5 Å². The van der Waals surface area contributed by atoms with Gasteiger partial charge < -0.3 is 10.4 Å². The third-order valence-corrected chi connectivity index (χ3v) is 2.62. The van der Waals surface area contributed by atoms with E-state index in [-0.39, 0.29) is 6.42 Å². The predicted molar refractivity (Wildman–Crippen MR) is 63.4 cm³/mol. The highest BCUT2D eigenvalue weighted by Gasteiger charge is 2.05. The van der Waals surface area contributed by atoms with E-state index in [1.165, 1.54) is 0 Å². The lowest BCUT2D eigenvalue weighted by molar-refractivity contribution is -0.137. The quantitative estimate of drug-likeness (QED) is 0.657. The summed E-state index contributed by atoms with van der Waals surface area (Å²) in [7, 11) is 1.84. The van der Waals surface area contributed by atoms with E-state index in [2.05, 4.69) is 22.6 Å². The van der Waals surface area contributed by atoms with Gasteiger partial charge in [0.2, 0.25) is 0 Å². The van der Waals surface area contributed by atoms with Gasteiger partial charge in [0.15, 0.2) is 0 Å². The molecule has 6 nitrogen and oxygen atoms in total. The highest BCUT2D eigenvalue weighted by atomic mass is 16.4. The zero-order valence-electron chi connectivity index (χ0n) is 10.4. The molecule has 0 spiro atoms. The van der Waals surface area contributed by atoms with Gasteiger partial charge in [-0.1, -0.05) is 12.1 Å². The van der Waals surface area contributed by atoms with E-state index in [0.717, 1.165) is 25.1 Å². The summed E-state index contributed by atoms with van der Waals surface area (Å²) in [6.45, 7) is 3.66. The number of hydrogen-bond donors (Lipinski definition) is 2. The Kier molecular flexibility index (Phi) is 5.62. The second-order valence-electron chi connectivity index (χ2n) is 4.39. The molecular formula is C11H20N4O2. The Morgan fingerprint density at radius 3 is 2.94 bits per heavy atom. The van der Waals surface area contributed by atoms with Crippen molar-refractivity contribution in [2.75, 3.05) is 6.54 Å². The topological polar surface area (TPSA) is 80.0 Å². The number of nitrogens with one attached hydrogen (secondary N) is 1. The van der Waals surface area contributed by atoms with Crippen LogP contribution in [0.4, 0.5) is 0 Å². The van der Waals surface area contributed by atoms with Crippen molar-refractivity contribution in [2.24, 2.45) is 13.0 Å². The SMILES string of the molecule is CC(CCNCc1cn(C)nn1)CCC(=O)O. The van der Waals surface area contributed by atoms with E-state index in [9.17, 15) is 4.79 Å². The van der Waals surface area contributed by atoms with Gasteiger partial charge in [0.05, 0.1) is 5.69 Å². The van der Waals surface area contributed by atoms with Gasteiger partial charge in [-0.15, -0.1) is 5.10 Å². The molecule has 0 saturated carbocycles. The molecule has 0 aliphatic carbocycles. The number of aromatic nitrogens is 3. The summed E-state index contributed by atoms with van der Waals surface area (Å²) in [5.41, 5.74) is 0.922. The van der Waals surface area contributed by atoms with Crippen LogP contribution in [0.5, 0.6) is 0 Å². The summed E-state index contributed by atoms with van der Waals surface area (Å²) in [4.78, 5) is 10.4. The lowest BCUT2D eigenvalue weighted by Gasteiger charge is -2.09. The molecule has 1 atom stereocenters. The number of aryl methyl sites for hydroxylation is 1. The maximum atomic E-state index is 10.4. The molecule has 96 valence electrons. The van der Waals surface area contributed by atoms with Crippen LogP contribution in [0, 0.1) is 5.92 Å². The molecule has 0 aromatic carbocycles. The molecular weight excluding hydrogens is 220 g/mol. The number of aliphatic carboxylic acids is 1. The summed E-state index contributed by atoms with van der Waals surface area (Å²) >= 11 is 0. The molecule has 2 N–H and O–H groups in total. The van der Waals surface area contributed by atoms with Gasteiger partial charge in [-0.25, -0.2) is 0 Å². The van der Waals surface area contributed by atoms with Crippen molar-refractivity contribution < 1.29 is 9.90 Å². The molecule has 1 rings (SSSR count). The molecule has 1 aromatic heterocycles. The standard InChI is InChI=1S/C11H20N4O2/c1-9(3-4-11(16)17)5-6-12-7-10-8-15(2)14-13-10/h8-9,12H,3-7H2,1-2H3,(H,16,17). The fourth-order valence-electron chi connectivity index (χ4n) is 1.56. The van der Waals surface area contributed by atoms with E-state index in [4.69, 9.17) is 5.11 Å². The molecule has 1 aromatic rings. The number of nitrogens with zero attached hydrogens (tertiary/aromatic N) is 3. The third kappa shape index (κ3) is 6.01. The monoisotopic (exact) mass is 240 g/mol. The van der Waals surface area contributed by atoms with Crippen LogP contribution in [0.2, 0.25) is 0 Å². The Labute approximate surface area is 101 Å². The third-order valence-electron chi connectivity index (χ3n) is 2.62. The average Bonchev–Trinajstić information content (AvgIpc) is 2.68. The van der Waals surface area contributed by atoms with Crippen molar-refractivity contribution in [2.45, 2.75) is 32.7 Å². The largest absolute Gasteiger partial charge is 0.481 e. The summed E-state index contributed by atoms with van der Waals surface area (Å²) in [5.74, 6) is -0.287. The van der Waals surface area contributed by atoms with E-state index < -0.39 is 5.97 Å². The molecule has 0 radical (unpaired) electrons. The second-order valence-corrected chi connectivity index (χ2v) is 4.39. The molecule has 1 unspecified atom stereocenters. The summed E-state index contributed by atoms with van der Waals surface area (Å²) in [5, 5.41) is 19.6. The van der Waals surface area contributed by atoms with Crippen molar-refractivity contribution in [1.29, 1.82) is 0 Å². The first-order chi connectivity index (χ1) is 8.08. The Morgan fingerprint density at radius 1 is 1.59 bits per heavy atom. The van der Waals surface area contributed by atoms with Gasteiger partial charge in [-0.2, -0.15) is 0 Å². The van der Waals surface area contributed by atoms with Crippen LogP contribution in [0.25, 0.3) is 0 Å². The lowest BCUT2D eigenvalue weighted by Crippen LogP contribution is -2.17. The van der Waals surface area contributed by atoms with Crippen molar-refractivity contribution in [3.05, 3.63) is 11.9 Å². The molecule has 0 bridgehead atoms. The fourth-order valence-corrected chi connectivity index (χ4v) is 1.56. The predicted octanol–water partition coefficient (Wildman–Crippen LogP) is 0.796. The van der Waals surface area contributed by atoms with Crippen LogP contribution in [0.15, 0.2) is 6.20 Å². The minimum absolute atomic E-state index is 0.255. The van der Waals surface area contributed by atoms with Crippen LogP contribution in [0.3, 0.4) is 0 Å². The number of carboxylic acid groups (broad SMARTS) is 1. The molecule has 0 saturated heterocycles. The highest BCUT2D eigenvalue weighted by Crippen LogP contribution is 2.09. The molecule has 0 aliphatic heterocycles. The van der Waals surface area contributed by atoms with Gasteiger partial charge in [-0.05, 0) is 25.3 Å². The maximum absolute atomic E-state index is 10.4. The van der Waals surface area contributed by atoms with Gasteiger partial charge in [0, 0.05) is 26.2 Å². The van der Waals surface area contributed by atoms with Crippen LogP contribution in [-0.2, 0) is 18.4 Å². The lowest BCUT2D eigenvalue weighted by atomic mass is 10.0. The van der Waals surface area contributed by atoms with Crippen LogP contribution >= 0.6 is 0 Å². The molecule has 1 heterocycles. The minimum atomic E-state index is -0.718. The van der Waals surface area contributed by atoms with Crippen LogP contribution in [0.1, 0.15) is 31.9 Å². The van der Waals surface area contributed by atoms with Gasteiger partial charge in [-0.3, -0.25) is 9.48 Å². The Morgan fingerprint density at radius 2 is 2.35 bits per heavy atom. The summed E-state index contributed by atoms with van der Waals surface area (Å²) in [6, 6.07) is 0. The Bertz CT molecular complexity index is 351. The highest BCUT2D eigenvalue weighted by molar-refractivity contribution is 5.66. The van der Waals surface area contributed by atoms with Crippen molar-refractivity contribution >= 4 is 5.97 Å². The molecule has 6 heteroatoms. The zero-order valence-corrected chi connectivity index (χ0v) is 10.4. The van der Waals surface area contributed by atoms with E-state index in [1.807, 2.05) is 13.2 Å². The normalized spacial score (nSPS) is 12.6. The van der Waals surface area contributed by atoms with Crippen molar-refractivity contribution in [1.82, 2.24) is 20.3 Å². The number of carboxylic acids is 1. The second kappa shape index (κ2) is 7.01. The van der Waals surface area contributed by atoms with Crippen molar-refractivity contribution in [3.8, 4) is 0 Å². The maximum Gasteiger partial charge on any atom is 0.303 e. The summed E-state index contributed by atoms with van der Waals surface area (Å²) < 4.78 is 1.67. The number of hydrogen-bond acceptors (Lipinski definition) is 4. The van der Waals surface area contributed by atoms with Crippen molar-refractivity contribution in [3.63, 3.8) is 0 Å². The zero-order chi connectivity index (χ0) is 12.7. The Balaban J connectivity index is 2.05. The van der Waals surface area contributed by atoms with E-state index >= 15 is 0 Å². The minimum Gasteiger partial charge on any atom is -0.481 e. The van der Waals surface area contributed by atoms with Gasteiger partial charge >= 0.3 is 5.97 Å². The van der Waals surface area contributed by atoms with Crippen LogP contribution in [-0.4, -0.2) is 32.6 Å². The fraction of sp³-hybridized carbons (Fsp3) is 0.727. The summed E-state index contributed by atoms with van der Waals surface area (Å²) in [6.07, 6.45) is 3.85. The number of carbonyl (C=O) groups is 1. The first kappa shape index (κ1) is 13.6. The smallest absolute Gasteiger partial charge is 0.303 e. The molecule has 0 aliphatic rings. The molecule has 0 fully saturated rings. The molecule has 17 heavy (non-hydrogen) atoms. The van der Waals surface area contributed by atoms with E-state index in [1.54, 1.807) is 4.68 Å². The Hall–Kier alpha value is -1.43. The first-order valence-corrected chi connectivity index (χ1v) is 5.85. The van der Waals surface area contributed by atoms with Gasteiger partial charge in [0.25, 0.3) is 0 Å². The van der Waals surface area contributed by atoms with Gasteiger partial charge in [0.1, 0.15) is 0 Å². The molecule has 0 amide bonds. The number of rotatable bonds is 8. The first-order valence-electron chi connectivity index (χ1n) is 5.85. The average molecular weight is 240 g/mol. The van der Waals surface area contributed by atoms with Crippen LogP contribution < -0.4 is 5.32 Å².